The fraction of sp³-hybridized carbons (Fsp3) is 0.0556. The van der Waals surface area contributed by atoms with E-state index in [1.165, 1.54) is 17.4 Å². The normalized spacial score (nSPS) is 10.4. The van der Waals surface area contributed by atoms with E-state index >= 15 is 0 Å². The fourth-order valence-corrected chi connectivity index (χ4v) is 3.33. The number of aromatic nitrogens is 1. The first-order valence-electron chi connectivity index (χ1n) is 7.41. The van der Waals surface area contributed by atoms with Gasteiger partial charge in [-0.25, -0.2) is 4.98 Å². The van der Waals surface area contributed by atoms with Gasteiger partial charge in [0.05, 0.1) is 0 Å². The van der Waals surface area contributed by atoms with Crippen LogP contribution in [0, 0.1) is 0 Å². The Morgan fingerprint density at radius 2 is 1.88 bits per heavy atom. The number of amides is 2. The van der Waals surface area contributed by atoms with Crippen molar-refractivity contribution in [3.8, 4) is 0 Å². The molecular formula is C18H14ClN3O2S. The smallest absolute Gasteiger partial charge is 0.257 e. The predicted octanol–water partition coefficient (Wildman–Crippen LogP) is 3.74. The Labute approximate surface area is 153 Å². The Morgan fingerprint density at radius 1 is 1.12 bits per heavy atom. The number of hydrogen-bond acceptors (Lipinski definition) is 4. The molecule has 0 saturated carbocycles. The monoisotopic (exact) mass is 371 g/mol. The molecule has 0 fully saturated rings. The van der Waals surface area contributed by atoms with Gasteiger partial charge in [-0.1, -0.05) is 29.8 Å². The van der Waals surface area contributed by atoms with Gasteiger partial charge in [0.2, 0.25) is 5.91 Å². The van der Waals surface area contributed by atoms with Crippen molar-refractivity contribution in [2.45, 2.75) is 6.42 Å². The summed E-state index contributed by atoms with van der Waals surface area (Å²) in [7, 11) is 0. The van der Waals surface area contributed by atoms with E-state index in [9.17, 15) is 9.59 Å². The van der Waals surface area contributed by atoms with Crippen LogP contribution >= 0.6 is 22.9 Å². The minimum atomic E-state index is -0.576. The lowest BCUT2D eigenvalue weighted by Crippen LogP contribution is -2.15. The number of nitrogens with two attached hydrogens (primary N) is 1. The molecule has 7 heteroatoms. The van der Waals surface area contributed by atoms with Gasteiger partial charge in [0.25, 0.3) is 5.91 Å². The molecule has 1 aromatic heterocycles. The van der Waals surface area contributed by atoms with Crippen LogP contribution in [0.5, 0.6) is 0 Å². The van der Waals surface area contributed by atoms with Crippen molar-refractivity contribution in [3.63, 3.8) is 0 Å². The highest BCUT2D eigenvalue weighted by Gasteiger charge is 2.11. The number of nitrogens with zero attached hydrogens (tertiary/aromatic N) is 1. The molecule has 3 N–H and O–H groups in total. The second kappa shape index (κ2) is 7.46. The van der Waals surface area contributed by atoms with Crippen LogP contribution in [0.4, 0.5) is 5.13 Å². The van der Waals surface area contributed by atoms with E-state index in [0.29, 0.717) is 22.1 Å². The number of benzene rings is 2. The number of thiazole rings is 1. The molecule has 0 unspecified atom stereocenters. The van der Waals surface area contributed by atoms with Gasteiger partial charge in [-0.05, 0) is 35.9 Å². The second-order valence-electron chi connectivity index (χ2n) is 5.34. The molecule has 0 saturated heterocycles. The van der Waals surface area contributed by atoms with Gasteiger partial charge in [-0.15, -0.1) is 11.3 Å². The van der Waals surface area contributed by atoms with Crippen molar-refractivity contribution < 1.29 is 9.59 Å². The Balaban J connectivity index is 1.69. The summed E-state index contributed by atoms with van der Waals surface area (Å²) in [6.45, 7) is 0. The molecule has 0 aliphatic carbocycles. The highest BCUT2D eigenvalue weighted by Crippen LogP contribution is 2.23. The van der Waals surface area contributed by atoms with Crippen molar-refractivity contribution in [2.24, 2.45) is 5.73 Å². The lowest BCUT2D eigenvalue weighted by Gasteiger charge is -2.03. The third-order valence-electron chi connectivity index (χ3n) is 3.45. The van der Waals surface area contributed by atoms with Crippen molar-refractivity contribution in [1.82, 2.24) is 4.98 Å². The molecule has 0 aliphatic rings. The quantitative estimate of drug-likeness (QED) is 0.716. The van der Waals surface area contributed by atoms with E-state index in [1.54, 1.807) is 24.4 Å². The molecular weight excluding hydrogens is 358 g/mol. The van der Waals surface area contributed by atoms with Crippen molar-refractivity contribution in [3.05, 3.63) is 81.3 Å². The maximum Gasteiger partial charge on any atom is 0.257 e. The highest BCUT2D eigenvalue weighted by molar-refractivity contribution is 7.15. The van der Waals surface area contributed by atoms with Crippen molar-refractivity contribution in [2.75, 3.05) is 5.32 Å². The topological polar surface area (TPSA) is 85.1 Å². The predicted molar refractivity (Wildman–Crippen MR) is 99.3 cm³/mol. The van der Waals surface area contributed by atoms with Gasteiger partial charge in [-0.3, -0.25) is 14.9 Å². The summed E-state index contributed by atoms with van der Waals surface area (Å²) in [5.41, 5.74) is 6.94. The SMILES string of the molecule is NC(=O)c1cccc(C(=O)Nc2ncc(Cc3cccc(Cl)c3)s2)c1. The second-order valence-corrected chi connectivity index (χ2v) is 6.89. The van der Waals surface area contributed by atoms with E-state index in [4.69, 9.17) is 17.3 Å². The zero-order valence-electron chi connectivity index (χ0n) is 13.0. The standard InChI is InChI=1S/C18H14ClN3O2S/c19-14-6-1-3-11(7-14)8-15-10-21-18(25-15)22-17(24)13-5-2-4-12(9-13)16(20)23/h1-7,9-10H,8H2,(H2,20,23)(H,21,22,24). The Kier molecular flexibility index (Phi) is 5.11. The molecule has 0 spiro atoms. The molecule has 25 heavy (non-hydrogen) atoms. The average Bonchev–Trinajstić information content (AvgIpc) is 3.02. The van der Waals surface area contributed by atoms with Crippen LogP contribution in [0.3, 0.4) is 0 Å². The fourth-order valence-electron chi connectivity index (χ4n) is 2.28. The minimum absolute atomic E-state index is 0.286. The maximum absolute atomic E-state index is 12.3. The van der Waals surface area contributed by atoms with E-state index in [-0.39, 0.29) is 11.5 Å². The van der Waals surface area contributed by atoms with Crippen LogP contribution in [-0.4, -0.2) is 16.8 Å². The Bertz CT molecular complexity index is 939. The van der Waals surface area contributed by atoms with Gasteiger partial charge in [0.1, 0.15) is 0 Å². The van der Waals surface area contributed by atoms with E-state index in [0.717, 1.165) is 10.4 Å². The number of carbonyl (C=O) groups is 2. The van der Waals surface area contributed by atoms with Crippen LogP contribution in [0.25, 0.3) is 0 Å². The van der Waals surface area contributed by atoms with Crippen LogP contribution in [0.2, 0.25) is 5.02 Å². The van der Waals surface area contributed by atoms with E-state index in [2.05, 4.69) is 10.3 Å². The van der Waals surface area contributed by atoms with Gasteiger partial charge in [0, 0.05) is 33.6 Å². The van der Waals surface area contributed by atoms with Gasteiger partial charge >= 0.3 is 0 Å². The molecule has 0 aliphatic heterocycles. The summed E-state index contributed by atoms with van der Waals surface area (Å²) in [5, 5.41) is 3.91. The lowest BCUT2D eigenvalue weighted by atomic mass is 10.1. The number of halogens is 1. The van der Waals surface area contributed by atoms with Crippen molar-refractivity contribution >= 4 is 39.9 Å². The average molecular weight is 372 g/mol. The number of primary amides is 1. The third-order valence-corrected chi connectivity index (χ3v) is 4.60. The van der Waals surface area contributed by atoms with Crippen molar-refractivity contribution in [1.29, 1.82) is 0 Å². The van der Waals surface area contributed by atoms with Gasteiger partial charge in [0.15, 0.2) is 5.13 Å². The zero-order chi connectivity index (χ0) is 17.8. The molecule has 3 aromatic rings. The molecule has 2 amide bonds. The van der Waals surface area contributed by atoms with Crippen LogP contribution in [0.15, 0.2) is 54.7 Å². The first-order chi connectivity index (χ1) is 12.0. The van der Waals surface area contributed by atoms with Gasteiger partial charge in [-0.2, -0.15) is 0 Å². The molecule has 3 rings (SSSR count). The summed E-state index contributed by atoms with van der Waals surface area (Å²) < 4.78 is 0. The summed E-state index contributed by atoms with van der Waals surface area (Å²) in [6.07, 6.45) is 2.41. The number of nitrogens with one attached hydrogen (secondary N) is 1. The molecule has 0 radical (unpaired) electrons. The number of anilines is 1. The number of rotatable bonds is 5. The highest BCUT2D eigenvalue weighted by atomic mass is 35.5. The number of hydrogen-bond donors (Lipinski definition) is 2. The van der Waals surface area contributed by atoms with Gasteiger partial charge < -0.3 is 5.73 Å². The first-order valence-corrected chi connectivity index (χ1v) is 8.61. The lowest BCUT2D eigenvalue weighted by molar-refractivity contribution is 0.1000. The molecule has 126 valence electrons. The minimum Gasteiger partial charge on any atom is -0.366 e. The van der Waals surface area contributed by atoms with Crippen LogP contribution < -0.4 is 11.1 Å². The summed E-state index contributed by atoms with van der Waals surface area (Å²) in [6, 6.07) is 13.8. The van der Waals surface area contributed by atoms with Crippen LogP contribution in [0.1, 0.15) is 31.2 Å². The first kappa shape index (κ1) is 17.1. The summed E-state index contributed by atoms with van der Waals surface area (Å²) in [4.78, 5) is 28.7. The molecule has 0 bridgehead atoms. The zero-order valence-corrected chi connectivity index (χ0v) is 14.6. The molecule has 0 atom stereocenters. The number of carbonyl (C=O) groups excluding carboxylic acids is 2. The third kappa shape index (κ3) is 4.43. The molecule has 5 nitrogen and oxygen atoms in total. The molecule has 1 heterocycles. The summed E-state index contributed by atoms with van der Waals surface area (Å²) in [5.74, 6) is -0.917. The van der Waals surface area contributed by atoms with Crippen LogP contribution in [-0.2, 0) is 6.42 Å². The Hall–Kier alpha value is -2.70. The summed E-state index contributed by atoms with van der Waals surface area (Å²) >= 11 is 7.38. The Morgan fingerprint density at radius 3 is 2.64 bits per heavy atom. The van der Waals surface area contributed by atoms with E-state index < -0.39 is 5.91 Å². The molecule has 2 aromatic carbocycles. The largest absolute Gasteiger partial charge is 0.366 e. The maximum atomic E-state index is 12.3. The van der Waals surface area contributed by atoms with E-state index in [1.807, 2.05) is 24.3 Å².